The maximum Gasteiger partial charge on any atom is 0.151 e. The molecule has 1 heterocycles. The second-order valence-corrected chi connectivity index (χ2v) is 3.19. The third kappa shape index (κ3) is 2.13. The molecule has 1 aromatic heterocycles. The molecule has 1 rings (SSSR count). The largest absolute Gasteiger partial charge is 0.396 e. The fraction of sp³-hybridized carbons (Fsp3) is 0.400. The van der Waals surface area contributed by atoms with Gasteiger partial charge in [0.25, 0.3) is 0 Å². The number of pyridine rings is 1. The van der Waals surface area contributed by atoms with E-state index in [1.807, 2.05) is 24.9 Å². The summed E-state index contributed by atoms with van der Waals surface area (Å²) in [4.78, 5) is 6.08. The van der Waals surface area contributed by atoms with E-state index in [1.54, 1.807) is 6.20 Å². The molecule has 0 radical (unpaired) electrons. The van der Waals surface area contributed by atoms with Gasteiger partial charge < -0.3 is 10.6 Å². The summed E-state index contributed by atoms with van der Waals surface area (Å²) in [5, 5.41) is 8.46. The number of rotatable bonds is 3. The SMILES string of the molecule is Cc1ccnc(N(C)CCC#N)c1N. The van der Waals surface area contributed by atoms with Gasteiger partial charge in [-0.3, -0.25) is 0 Å². The van der Waals surface area contributed by atoms with Crippen LogP contribution in [0.4, 0.5) is 11.5 Å². The van der Waals surface area contributed by atoms with Gasteiger partial charge in [0, 0.05) is 19.8 Å². The lowest BCUT2D eigenvalue weighted by Crippen LogP contribution is -2.21. The van der Waals surface area contributed by atoms with Gasteiger partial charge in [0.15, 0.2) is 5.82 Å². The highest BCUT2D eigenvalue weighted by molar-refractivity contribution is 5.65. The minimum Gasteiger partial charge on any atom is -0.396 e. The van der Waals surface area contributed by atoms with Crippen molar-refractivity contribution in [2.24, 2.45) is 0 Å². The Morgan fingerprint density at radius 1 is 1.64 bits per heavy atom. The zero-order valence-corrected chi connectivity index (χ0v) is 8.49. The maximum atomic E-state index is 8.46. The molecule has 0 aliphatic rings. The molecule has 0 fully saturated rings. The normalized spacial score (nSPS) is 9.50. The van der Waals surface area contributed by atoms with Crippen molar-refractivity contribution in [1.29, 1.82) is 5.26 Å². The fourth-order valence-electron chi connectivity index (χ4n) is 1.18. The van der Waals surface area contributed by atoms with Crippen molar-refractivity contribution < 1.29 is 0 Å². The van der Waals surface area contributed by atoms with Crippen LogP contribution in [0.2, 0.25) is 0 Å². The Hall–Kier alpha value is -1.76. The lowest BCUT2D eigenvalue weighted by Gasteiger charge is -2.18. The number of anilines is 2. The predicted molar refractivity (Wildman–Crippen MR) is 56.9 cm³/mol. The lowest BCUT2D eigenvalue weighted by atomic mass is 10.2. The fourth-order valence-corrected chi connectivity index (χ4v) is 1.18. The topological polar surface area (TPSA) is 65.9 Å². The molecule has 0 amide bonds. The van der Waals surface area contributed by atoms with E-state index >= 15 is 0 Å². The van der Waals surface area contributed by atoms with Crippen molar-refractivity contribution >= 4 is 11.5 Å². The lowest BCUT2D eigenvalue weighted by molar-refractivity contribution is 0.885. The summed E-state index contributed by atoms with van der Waals surface area (Å²) in [5.74, 6) is 0.750. The molecule has 0 atom stereocenters. The van der Waals surface area contributed by atoms with Crippen LogP contribution in [-0.2, 0) is 0 Å². The second-order valence-electron chi connectivity index (χ2n) is 3.19. The Morgan fingerprint density at radius 3 is 3.00 bits per heavy atom. The molecule has 74 valence electrons. The highest BCUT2D eigenvalue weighted by Crippen LogP contribution is 2.21. The van der Waals surface area contributed by atoms with Gasteiger partial charge in [0.05, 0.1) is 18.2 Å². The van der Waals surface area contributed by atoms with Crippen LogP contribution in [0.25, 0.3) is 0 Å². The summed E-state index contributed by atoms with van der Waals surface area (Å²) < 4.78 is 0. The van der Waals surface area contributed by atoms with Gasteiger partial charge in [-0.1, -0.05) is 0 Å². The van der Waals surface area contributed by atoms with Crippen molar-refractivity contribution in [1.82, 2.24) is 4.98 Å². The van der Waals surface area contributed by atoms with E-state index in [1.165, 1.54) is 0 Å². The minimum absolute atomic E-state index is 0.478. The predicted octanol–water partition coefficient (Wildman–Crippen LogP) is 1.32. The number of nitrogen functional groups attached to an aromatic ring is 1. The molecule has 0 saturated heterocycles. The van der Waals surface area contributed by atoms with E-state index in [0.717, 1.165) is 11.4 Å². The standard InChI is InChI=1S/C10H14N4/c1-8-4-6-13-10(9(8)12)14(2)7-3-5-11/h4,6H,3,7,12H2,1-2H3. The van der Waals surface area contributed by atoms with Crippen molar-refractivity contribution in [2.75, 3.05) is 24.2 Å². The van der Waals surface area contributed by atoms with E-state index in [2.05, 4.69) is 11.1 Å². The molecular weight excluding hydrogens is 176 g/mol. The molecule has 4 heteroatoms. The highest BCUT2D eigenvalue weighted by atomic mass is 15.2. The minimum atomic E-state index is 0.478. The van der Waals surface area contributed by atoms with E-state index in [-0.39, 0.29) is 0 Å². The van der Waals surface area contributed by atoms with Crippen molar-refractivity contribution in [3.05, 3.63) is 17.8 Å². The molecule has 0 aliphatic heterocycles. The van der Waals surface area contributed by atoms with Crippen molar-refractivity contribution in [3.63, 3.8) is 0 Å². The molecule has 0 spiro atoms. The Labute approximate surface area is 84.0 Å². The van der Waals surface area contributed by atoms with Crippen LogP contribution in [0, 0.1) is 18.3 Å². The molecule has 4 nitrogen and oxygen atoms in total. The van der Waals surface area contributed by atoms with Crippen LogP contribution in [-0.4, -0.2) is 18.6 Å². The van der Waals surface area contributed by atoms with Crippen LogP contribution in [0.1, 0.15) is 12.0 Å². The molecule has 0 unspecified atom stereocenters. The van der Waals surface area contributed by atoms with Gasteiger partial charge in [-0.05, 0) is 18.6 Å². The summed E-state index contributed by atoms with van der Waals surface area (Å²) in [6.45, 7) is 2.59. The number of nitrogens with two attached hydrogens (primary N) is 1. The van der Waals surface area contributed by atoms with Crippen molar-refractivity contribution in [3.8, 4) is 6.07 Å². The number of hydrogen-bond donors (Lipinski definition) is 1. The van der Waals surface area contributed by atoms with Gasteiger partial charge >= 0.3 is 0 Å². The average Bonchev–Trinajstić information content (AvgIpc) is 2.18. The van der Waals surface area contributed by atoms with Gasteiger partial charge in [-0.25, -0.2) is 4.98 Å². The van der Waals surface area contributed by atoms with Crippen LogP contribution in [0.5, 0.6) is 0 Å². The summed E-state index contributed by atoms with van der Waals surface area (Å²) in [6, 6.07) is 3.96. The number of aromatic nitrogens is 1. The van der Waals surface area contributed by atoms with Gasteiger partial charge in [0.2, 0.25) is 0 Å². The monoisotopic (exact) mass is 190 g/mol. The quantitative estimate of drug-likeness (QED) is 0.780. The molecule has 0 aliphatic carbocycles. The first kappa shape index (κ1) is 10.3. The first-order valence-electron chi connectivity index (χ1n) is 4.46. The first-order chi connectivity index (χ1) is 6.66. The number of nitriles is 1. The average molecular weight is 190 g/mol. The maximum absolute atomic E-state index is 8.46. The van der Waals surface area contributed by atoms with Crippen LogP contribution in [0.15, 0.2) is 12.3 Å². The molecule has 14 heavy (non-hydrogen) atoms. The Kier molecular flexibility index (Phi) is 3.29. The number of aryl methyl sites for hydroxylation is 1. The van der Waals surface area contributed by atoms with Gasteiger partial charge in [-0.15, -0.1) is 0 Å². The van der Waals surface area contributed by atoms with Crippen LogP contribution < -0.4 is 10.6 Å². The summed E-state index contributed by atoms with van der Waals surface area (Å²) in [7, 11) is 1.88. The van der Waals surface area contributed by atoms with Crippen LogP contribution >= 0.6 is 0 Å². The van der Waals surface area contributed by atoms with Crippen molar-refractivity contribution in [2.45, 2.75) is 13.3 Å². The molecule has 2 N–H and O–H groups in total. The smallest absolute Gasteiger partial charge is 0.151 e. The van der Waals surface area contributed by atoms with E-state index in [9.17, 15) is 0 Å². The van der Waals surface area contributed by atoms with Gasteiger partial charge in [0.1, 0.15) is 0 Å². The number of nitrogens with zero attached hydrogens (tertiary/aromatic N) is 3. The highest BCUT2D eigenvalue weighted by Gasteiger charge is 2.07. The van der Waals surface area contributed by atoms with E-state index < -0.39 is 0 Å². The first-order valence-corrected chi connectivity index (χ1v) is 4.46. The molecule has 1 aromatic rings. The third-order valence-electron chi connectivity index (χ3n) is 2.11. The third-order valence-corrected chi connectivity index (χ3v) is 2.11. The molecule has 0 aromatic carbocycles. The Bertz CT molecular complexity index is 354. The molecular formula is C10H14N4. The Morgan fingerprint density at radius 2 is 2.36 bits per heavy atom. The zero-order chi connectivity index (χ0) is 10.6. The second kappa shape index (κ2) is 4.47. The molecule has 0 bridgehead atoms. The summed E-state index contributed by atoms with van der Waals surface area (Å²) in [5.41, 5.74) is 7.57. The van der Waals surface area contributed by atoms with E-state index in [4.69, 9.17) is 11.0 Å². The summed E-state index contributed by atoms with van der Waals surface area (Å²) >= 11 is 0. The van der Waals surface area contributed by atoms with Gasteiger partial charge in [-0.2, -0.15) is 5.26 Å². The molecule has 0 saturated carbocycles. The number of hydrogen-bond acceptors (Lipinski definition) is 4. The zero-order valence-electron chi connectivity index (χ0n) is 8.49. The summed E-state index contributed by atoms with van der Waals surface area (Å²) in [6.07, 6.45) is 2.20. The Balaban J connectivity index is 2.85. The van der Waals surface area contributed by atoms with E-state index in [0.29, 0.717) is 18.7 Å². The van der Waals surface area contributed by atoms with Crippen LogP contribution in [0.3, 0.4) is 0 Å².